The summed E-state index contributed by atoms with van der Waals surface area (Å²) in [4.78, 5) is 21.4. The number of hydrogen-bond donors (Lipinski definition) is 0. The lowest BCUT2D eigenvalue weighted by atomic mass is 9.85. The molecule has 0 radical (unpaired) electrons. The maximum Gasteiger partial charge on any atom is 0.230 e. The van der Waals surface area contributed by atoms with Crippen LogP contribution in [0.5, 0.6) is 0 Å². The smallest absolute Gasteiger partial charge is 0.230 e. The van der Waals surface area contributed by atoms with E-state index in [1.165, 1.54) is 17.7 Å². The molecule has 25 heavy (non-hydrogen) atoms. The number of aromatic nitrogens is 1. The minimum absolute atomic E-state index is 0.227. The number of hydrogen-bond acceptors (Lipinski definition) is 3. The first-order chi connectivity index (χ1) is 12.1. The van der Waals surface area contributed by atoms with Gasteiger partial charge >= 0.3 is 0 Å². The van der Waals surface area contributed by atoms with E-state index in [1.807, 2.05) is 23.2 Å². The number of pyridine rings is 1. The zero-order chi connectivity index (χ0) is 17.3. The third-order valence-corrected chi connectivity index (χ3v) is 5.43. The number of amides is 1. The Morgan fingerprint density at radius 2 is 1.92 bits per heavy atom. The molecule has 1 aromatic carbocycles. The number of benzene rings is 1. The topological polar surface area (TPSA) is 36.4 Å². The van der Waals surface area contributed by atoms with Crippen LogP contribution in [-0.4, -0.2) is 40.3 Å². The van der Waals surface area contributed by atoms with Crippen LogP contribution in [0.4, 0.5) is 4.39 Å². The molecule has 0 saturated carbocycles. The van der Waals surface area contributed by atoms with Gasteiger partial charge in [0.05, 0.1) is 5.41 Å². The molecule has 2 saturated heterocycles. The summed E-state index contributed by atoms with van der Waals surface area (Å²) in [5, 5.41) is 0. The first-order valence-electron chi connectivity index (χ1n) is 8.80. The number of halogens is 1. The van der Waals surface area contributed by atoms with Crippen molar-refractivity contribution in [2.75, 3.05) is 19.6 Å². The molecule has 1 aromatic heterocycles. The SMILES string of the molecule is O=C1N(Cc2cccc(F)c2)CC[C@]12CCN(Cc1cccnc1)C2. The average Bonchev–Trinajstić information content (AvgIpc) is 3.15. The van der Waals surface area contributed by atoms with Crippen molar-refractivity contribution in [1.29, 1.82) is 0 Å². The first kappa shape index (κ1) is 16.2. The summed E-state index contributed by atoms with van der Waals surface area (Å²) in [5.74, 6) is -0.0205. The summed E-state index contributed by atoms with van der Waals surface area (Å²) < 4.78 is 13.4. The quantitative estimate of drug-likeness (QED) is 0.859. The third kappa shape index (κ3) is 3.29. The van der Waals surface area contributed by atoms with Crippen LogP contribution in [0.3, 0.4) is 0 Å². The van der Waals surface area contributed by atoms with Gasteiger partial charge in [0.25, 0.3) is 0 Å². The molecule has 2 fully saturated rings. The molecule has 3 heterocycles. The summed E-state index contributed by atoms with van der Waals surface area (Å²) in [6.45, 7) is 3.85. The summed E-state index contributed by atoms with van der Waals surface area (Å²) in [7, 11) is 0. The van der Waals surface area contributed by atoms with Crippen LogP contribution in [-0.2, 0) is 17.9 Å². The molecule has 0 unspecified atom stereocenters. The molecule has 2 aliphatic rings. The second-order valence-electron chi connectivity index (χ2n) is 7.21. The van der Waals surface area contributed by atoms with E-state index in [4.69, 9.17) is 0 Å². The molecule has 4 rings (SSSR count). The highest BCUT2D eigenvalue weighted by molar-refractivity contribution is 5.85. The minimum atomic E-state index is -0.254. The van der Waals surface area contributed by atoms with E-state index in [9.17, 15) is 9.18 Å². The Hall–Kier alpha value is -2.27. The van der Waals surface area contributed by atoms with E-state index in [0.29, 0.717) is 6.54 Å². The van der Waals surface area contributed by atoms with Gasteiger partial charge in [-0.3, -0.25) is 14.7 Å². The number of carbonyl (C=O) groups excluding carboxylic acids is 1. The van der Waals surface area contributed by atoms with E-state index in [2.05, 4.69) is 16.0 Å². The number of carbonyl (C=O) groups is 1. The predicted octanol–water partition coefficient (Wildman–Crippen LogP) is 2.85. The van der Waals surface area contributed by atoms with Gasteiger partial charge in [0.15, 0.2) is 0 Å². The Morgan fingerprint density at radius 3 is 2.72 bits per heavy atom. The Kier molecular flexibility index (Phi) is 4.25. The lowest BCUT2D eigenvalue weighted by Crippen LogP contribution is -2.36. The Balaban J connectivity index is 1.41. The van der Waals surface area contributed by atoms with E-state index in [0.717, 1.165) is 44.6 Å². The largest absolute Gasteiger partial charge is 0.338 e. The summed E-state index contributed by atoms with van der Waals surface area (Å²) >= 11 is 0. The van der Waals surface area contributed by atoms with Gasteiger partial charge in [-0.25, -0.2) is 4.39 Å². The van der Waals surface area contributed by atoms with Crippen LogP contribution in [0.25, 0.3) is 0 Å². The lowest BCUT2D eigenvalue weighted by Gasteiger charge is -2.24. The molecule has 130 valence electrons. The molecule has 0 aliphatic carbocycles. The second kappa shape index (κ2) is 6.56. The van der Waals surface area contributed by atoms with Gasteiger partial charge in [0.1, 0.15) is 5.82 Å². The fraction of sp³-hybridized carbons (Fsp3) is 0.400. The Labute approximate surface area is 147 Å². The summed E-state index contributed by atoms with van der Waals surface area (Å²) in [5.41, 5.74) is 1.78. The van der Waals surface area contributed by atoms with E-state index >= 15 is 0 Å². The van der Waals surface area contributed by atoms with Crippen molar-refractivity contribution < 1.29 is 9.18 Å². The molecule has 0 N–H and O–H groups in total. The molecule has 5 heteroatoms. The van der Waals surface area contributed by atoms with E-state index in [1.54, 1.807) is 12.3 Å². The molecule has 0 bridgehead atoms. The summed E-state index contributed by atoms with van der Waals surface area (Å²) in [6, 6.07) is 10.6. The second-order valence-corrected chi connectivity index (χ2v) is 7.21. The summed E-state index contributed by atoms with van der Waals surface area (Å²) in [6.07, 6.45) is 5.47. The number of rotatable bonds is 4. The van der Waals surface area contributed by atoms with Gasteiger partial charge in [0.2, 0.25) is 5.91 Å². The normalized spacial score (nSPS) is 23.7. The average molecular weight is 339 g/mol. The predicted molar refractivity (Wildman–Crippen MR) is 93.0 cm³/mol. The van der Waals surface area contributed by atoms with Gasteiger partial charge < -0.3 is 4.90 Å². The van der Waals surface area contributed by atoms with Gasteiger partial charge in [0, 0.05) is 38.6 Å². The van der Waals surface area contributed by atoms with Crippen molar-refractivity contribution in [2.24, 2.45) is 5.41 Å². The molecule has 2 aliphatic heterocycles. The van der Waals surface area contributed by atoms with Crippen LogP contribution in [0.1, 0.15) is 24.0 Å². The van der Waals surface area contributed by atoms with Gasteiger partial charge in [-0.15, -0.1) is 0 Å². The fourth-order valence-corrected chi connectivity index (χ4v) is 4.12. The minimum Gasteiger partial charge on any atom is -0.338 e. The monoisotopic (exact) mass is 339 g/mol. The molecule has 1 amide bonds. The van der Waals surface area contributed by atoms with Crippen LogP contribution >= 0.6 is 0 Å². The zero-order valence-corrected chi connectivity index (χ0v) is 14.2. The maximum atomic E-state index is 13.4. The van der Waals surface area contributed by atoms with E-state index < -0.39 is 0 Å². The molecule has 1 spiro atoms. The number of likely N-dealkylation sites (tertiary alicyclic amines) is 2. The van der Waals surface area contributed by atoms with Gasteiger partial charge in [-0.05, 0) is 48.7 Å². The van der Waals surface area contributed by atoms with Gasteiger partial charge in [-0.2, -0.15) is 0 Å². The van der Waals surface area contributed by atoms with Crippen molar-refractivity contribution >= 4 is 5.91 Å². The van der Waals surface area contributed by atoms with Crippen LogP contribution in [0.15, 0.2) is 48.8 Å². The maximum absolute atomic E-state index is 13.4. The highest BCUT2D eigenvalue weighted by atomic mass is 19.1. The Morgan fingerprint density at radius 1 is 1.08 bits per heavy atom. The zero-order valence-electron chi connectivity index (χ0n) is 14.2. The third-order valence-electron chi connectivity index (χ3n) is 5.43. The molecule has 1 atom stereocenters. The lowest BCUT2D eigenvalue weighted by molar-refractivity contribution is -0.136. The molecule has 4 nitrogen and oxygen atoms in total. The van der Waals surface area contributed by atoms with Crippen molar-refractivity contribution in [3.8, 4) is 0 Å². The van der Waals surface area contributed by atoms with Crippen molar-refractivity contribution in [3.63, 3.8) is 0 Å². The molecule has 2 aromatic rings. The standard InChI is InChI=1S/C20H22FN3O/c21-18-5-1-3-16(11-18)14-24-10-7-20(19(24)25)6-9-23(15-20)13-17-4-2-8-22-12-17/h1-5,8,11-12H,6-7,9-10,13-15H2/t20-/m0/s1. The number of nitrogens with zero attached hydrogens (tertiary/aromatic N) is 3. The highest BCUT2D eigenvalue weighted by Crippen LogP contribution is 2.41. The van der Waals surface area contributed by atoms with Crippen LogP contribution in [0.2, 0.25) is 0 Å². The fourth-order valence-electron chi connectivity index (χ4n) is 4.12. The van der Waals surface area contributed by atoms with Crippen LogP contribution < -0.4 is 0 Å². The van der Waals surface area contributed by atoms with Crippen molar-refractivity contribution in [3.05, 3.63) is 65.7 Å². The van der Waals surface area contributed by atoms with Gasteiger partial charge in [-0.1, -0.05) is 18.2 Å². The van der Waals surface area contributed by atoms with E-state index in [-0.39, 0.29) is 17.1 Å². The van der Waals surface area contributed by atoms with Crippen LogP contribution in [0, 0.1) is 11.2 Å². The highest BCUT2D eigenvalue weighted by Gasteiger charge is 2.50. The van der Waals surface area contributed by atoms with Crippen molar-refractivity contribution in [2.45, 2.75) is 25.9 Å². The molecular weight excluding hydrogens is 317 g/mol. The van der Waals surface area contributed by atoms with Crippen molar-refractivity contribution in [1.82, 2.24) is 14.8 Å². The molecular formula is C20H22FN3O. The first-order valence-corrected chi connectivity index (χ1v) is 8.80. The Bertz CT molecular complexity index is 767.